The van der Waals surface area contributed by atoms with Gasteiger partial charge in [0.25, 0.3) is 0 Å². The van der Waals surface area contributed by atoms with Crippen LogP contribution in [0.1, 0.15) is 20.3 Å². The van der Waals surface area contributed by atoms with E-state index in [1.54, 1.807) is 0 Å². The van der Waals surface area contributed by atoms with Crippen molar-refractivity contribution in [3.05, 3.63) is 18.2 Å². The first-order valence-corrected chi connectivity index (χ1v) is 7.10. The predicted molar refractivity (Wildman–Crippen MR) is 80.9 cm³/mol. The Morgan fingerprint density at radius 3 is 2.84 bits per heavy atom. The van der Waals surface area contributed by atoms with Crippen LogP contribution in [0.3, 0.4) is 0 Å². The van der Waals surface area contributed by atoms with E-state index in [2.05, 4.69) is 36.8 Å². The molecule has 19 heavy (non-hydrogen) atoms. The zero-order valence-electron chi connectivity index (χ0n) is 12.2. The van der Waals surface area contributed by atoms with E-state index in [0.717, 1.165) is 43.2 Å². The average molecular weight is 263 g/mol. The van der Waals surface area contributed by atoms with Crippen LogP contribution in [0.25, 0.3) is 0 Å². The van der Waals surface area contributed by atoms with Gasteiger partial charge in [-0.15, -0.1) is 0 Å². The van der Waals surface area contributed by atoms with E-state index in [0.29, 0.717) is 12.6 Å². The normalized spacial score (nSPS) is 20.6. The number of para-hydroxylation sites is 1. The van der Waals surface area contributed by atoms with Gasteiger partial charge >= 0.3 is 0 Å². The lowest BCUT2D eigenvalue weighted by Crippen LogP contribution is -2.50. The lowest BCUT2D eigenvalue weighted by Gasteiger charge is -2.39. The Hall–Kier alpha value is -1.42. The third kappa shape index (κ3) is 3.13. The number of rotatable bonds is 4. The molecule has 1 saturated heterocycles. The number of nitrogens with zero attached hydrogens (tertiary/aromatic N) is 2. The molecule has 4 heteroatoms. The minimum Gasteiger partial charge on any atom is -0.491 e. The number of benzene rings is 1. The fourth-order valence-corrected chi connectivity index (χ4v) is 2.41. The molecule has 0 aromatic heterocycles. The van der Waals surface area contributed by atoms with Crippen LogP contribution in [-0.4, -0.2) is 44.2 Å². The number of ether oxygens (including phenoxy) is 1. The topological polar surface area (TPSA) is 41.7 Å². The molecule has 0 bridgehead atoms. The van der Waals surface area contributed by atoms with Gasteiger partial charge in [0.1, 0.15) is 5.75 Å². The minimum atomic E-state index is 0.549. The number of piperazine rings is 1. The van der Waals surface area contributed by atoms with Crippen LogP contribution >= 0.6 is 0 Å². The van der Waals surface area contributed by atoms with E-state index in [1.165, 1.54) is 0 Å². The number of hydrogen-bond acceptors (Lipinski definition) is 4. The molecule has 0 saturated carbocycles. The molecule has 0 aliphatic carbocycles. The summed E-state index contributed by atoms with van der Waals surface area (Å²) < 4.78 is 5.70. The number of hydrogen-bond donors (Lipinski definition) is 1. The number of likely N-dealkylation sites (N-methyl/N-ethyl adjacent to an activating group) is 1. The van der Waals surface area contributed by atoms with E-state index in [1.807, 2.05) is 12.1 Å². The van der Waals surface area contributed by atoms with Crippen molar-refractivity contribution in [1.82, 2.24) is 4.90 Å². The zero-order valence-corrected chi connectivity index (χ0v) is 12.2. The third-order valence-corrected chi connectivity index (χ3v) is 3.81. The summed E-state index contributed by atoms with van der Waals surface area (Å²) in [5.74, 6) is 0.811. The number of nitrogens with two attached hydrogens (primary N) is 1. The summed E-state index contributed by atoms with van der Waals surface area (Å²) in [5.41, 5.74) is 8.13. The molecule has 4 nitrogen and oxygen atoms in total. The zero-order chi connectivity index (χ0) is 13.8. The highest BCUT2D eigenvalue weighted by atomic mass is 16.5. The molecule has 1 atom stereocenters. The Balaban J connectivity index is 2.16. The molecule has 1 aliphatic rings. The Morgan fingerprint density at radius 2 is 2.16 bits per heavy atom. The van der Waals surface area contributed by atoms with E-state index in [4.69, 9.17) is 10.5 Å². The maximum absolute atomic E-state index is 6.25. The van der Waals surface area contributed by atoms with Gasteiger partial charge in [-0.1, -0.05) is 13.0 Å². The van der Waals surface area contributed by atoms with Gasteiger partial charge in [0, 0.05) is 25.7 Å². The largest absolute Gasteiger partial charge is 0.491 e. The first kappa shape index (κ1) is 14.0. The standard InChI is InChI=1S/C15H25N3O/c1-4-10-19-14-7-5-6-13(15(14)16)18-9-8-17(3)12(2)11-18/h5-7,12H,4,8-11,16H2,1-3H3. The molecule has 1 fully saturated rings. The molecule has 2 rings (SSSR count). The fourth-order valence-electron chi connectivity index (χ4n) is 2.41. The van der Waals surface area contributed by atoms with Crippen molar-refractivity contribution >= 4 is 11.4 Å². The second kappa shape index (κ2) is 6.15. The quantitative estimate of drug-likeness (QED) is 0.846. The van der Waals surface area contributed by atoms with Gasteiger partial charge in [0.05, 0.1) is 18.0 Å². The second-order valence-corrected chi connectivity index (χ2v) is 5.31. The van der Waals surface area contributed by atoms with E-state index in [9.17, 15) is 0 Å². The van der Waals surface area contributed by atoms with Crippen molar-refractivity contribution in [3.63, 3.8) is 0 Å². The summed E-state index contributed by atoms with van der Waals surface area (Å²) in [7, 11) is 2.17. The highest BCUT2D eigenvalue weighted by molar-refractivity contribution is 5.74. The molecule has 1 aliphatic heterocycles. The van der Waals surface area contributed by atoms with Crippen molar-refractivity contribution in [2.75, 3.05) is 43.9 Å². The van der Waals surface area contributed by atoms with Crippen molar-refractivity contribution in [2.45, 2.75) is 26.3 Å². The monoisotopic (exact) mass is 263 g/mol. The van der Waals surface area contributed by atoms with Gasteiger partial charge in [0.15, 0.2) is 0 Å². The van der Waals surface area contributed by atoms with E-state index in [-0.39, 0.29) is 0 Å². The van der Waals surface area contributed by atoms with Gasteiger partial charge in [-0.3, -0.25) is 0 Å². The summed E-state index contributed by atoms with van der Waals surface area (Å²) in [5, 5.41) is 0. The van der Waals surface area contributed by atoms with Crippen LogP contribution in [-0.2, 0) is 0 Å². The summed E-state index contributed by atoms with van der Waals surface area (Å²) >= 11 is 0. The summed E-state index contributed by atoms with van der Waals surface area (Å²) in [6.45, 7) is 8.16. The smallest absolute Gasteiger partial charge is 0.144 e. The number of nitrogen functional groups attached to an aromatic ring is 1. The van der Waals surface area contributed by atoms with Crippen molar-refractivity contribution < 1.29 is 4.74 Å². The van der Waals surface area contributed by atoms with Crippen LogP contribution in [0.2, 0.25) is 0 Å². The third-order valence-electron chi connectivity index (χ3n) is 3.81. The fraction of sp³-hybridized carbons (Fsp3) is 0.600. The molecule has 2 N–H and O–H groups in total. The van der Waals surface area contributed by atoms with Crippen LogP contribution in [0.5, 0.6) is 5.75 Å². The minimum absolute atomic E-state index is 0.549. The van der Waals surface area contributed by atoms with E-state index < -0.39 is 0 Å². The van der Waals surface area contributed by atoms with Crippen molar-refractivity contribution in [1.29, 1.82) is 0 Å². The molecular formula is C15H25N3O. The average Bonchev–Trinajstić information content (AvgIpc) is 2.41. The lowest BCUT2D eigenvalue weighted by molar-refractivity contribution is 0.234. The van der Waals surface area contributed by atoms with Gasteiger partial charge < -0.3 is 20.3 Å². The highest BCUT2D eigenvalue weighted by Gasteiger charge is 2.22. The highest BCUT2D eigenvalue weighted by Crippen LogP contribution is 2.33. The Labute approximate surface area is 116 Å². The second-order valence-electron chi connectivity index (χ2n) is 5.31. The molecule has 1 unspecified atom stereocenters. The van der Waals surface area contributed by atoms with Crippen LogP contribution < -0.4 is 15.4 Å². The molecule has 0 amide bonds. The Kier molecular flexibility index (Phi) is 4.53. The maximum atomic E-state index is 6.25. The molecular weight excluding hydrogens is 238 g/mol. The first-order valence-electron chi connectivity index (χ1n) is 7.10. The molecule has 1 aromatic carbocycles. The van der Waals surface area contributed by atoms with Gasteiger partial charge in [-0.05, 0) is 32.5 Å². The van der Waals surface area contributed by atoms with Crippen LogP contribution in [0.4, 0.5) is 11.4 Å². The van der Waals surface area contributed by atoms with Crippen molar-refractivity contribution in [2.24, 2.45) is 0 Å². The molecule has 0 spiro atoms. The molecule has 0 radical (unpaired) electrons. The van der Waals surface area contributed by atoms with E-state index >= 15 is 0 Å². The van der Waals surface area contributed by atoms with Crippen molar-refractivity contribution in [3.8, 4) is 5.75 Å². The summed E-state index contributed by atoms with van der Waals surface area (Å²) in [4.78, 5) is 4.74. The molecule has 1 aromatic rings. The summed E-state index contributed by atoms with van der Waals surface area (Å²) in [6, 6.07) is 6.62. The SMILES string of the molecule is CCCOc1cccc(N2CCN(C)C(C)C2)c1N. The predicted octanol–water partition coefficient (Wildman–Crippen LogP) is 2.20. The maximum Gasteiger partial charge on any atom is 0.144 e. The first-order chi connectivity index (χ1) is 9.13. The number of anilines is 2. The van der Waals surface area contributed by atoms with Gasteiger partial charge in [-0.2, -0.15) is 0 Å². The van der Waals surface area contributed by atoms with Gasteiger partial charge in [-0.25, -0.2) is 0 Å². The molecule has 1 heterocycles. The Bertz CT molecular complexity index is 422. The van der Waals surface area contributed by atoms with Crippen LogP contribution in [0.15, 0.2) is 18.2 Å². The lowest BCUT2D eigenvalue weighted by atomic mass is 10.1. The molecule has 106 valence electrons. The summed E-state index contributed by atoms with van der Waals surface area (Å²) in [6.07, 6.45) is 0.995. The van der Waals surface area contributed by atoms with Gasteiger partial charge in [0.2, 0.25) is 0 Å². The Morgan fingerprint density at radius 1 is 1.37 bits per heavy atom. The van der Waals surface area contributed by atoms with Crippen LogP contribution in [0, 0.1) is 0 Å².